The summed E-state index contributed by atoms with van der Waals surface area (Å²) in [6.45, 7) is 3.74. The Kier molecular flexibility index (Phi) is 14.3. The van der Waals surface area contributed by atoms with Crippen molar-refractivity contribution < 1.29 is 84.6 Å². The van der Waals surface area contributed by atoms with E-state index in [9.17, 15) is 33.2 Å². The van der Waals surface area contributed by atoms with Crippen LogP contribution in [-0.2, 0) is 69.9 Å². The van der Waals surface area contributed by atoms with E-state index >= 15 is 0 Å². The fourth-order valence-electron chi connectivity index (χ4n) is 10.2. The summed E-state index contributed by atoms with van der Waals surface area (Å²) in [6.07, 6.45) is 0.326. The van der Waals surface area contributed by atoms with E-state index in [1.165, 1.54) is 57.4 Å². The second kappa shape index (κ2) is 20.0. The van der Waals surface area contributed by atoms with E-state index in [-0.39, 0.29) is 68.4 Å². The minimum absolute atomic E-state index is 0.0159. The Labute approximate surface area is 428 Å². The number of ether oxygens (including phenoxy) is 9. The van der Waals surface area contributed by atoms with Crippen LogP contribution in [0, 0.1) is 0 Å². The van der Waals surface area contributed by atoms with Gasteiger partial charge in [-0.25, -0.2) is 24.9 Å². The van der Waals surface area contributed by atoms with Gasteiger partial charge in [0.05, 0.1) is 71.1 Å². The van der Waals surface area contributed by atoms with Crippen LogP contribution in [0.15, 0.2) is 36.3 Å². The van der Waals surface area contributed by atoms with Gasteiger partial charge < -0.3 is 107 Å². The number of hydrogen-bond donors (Lipinski definition) is 4. The molecule has 7 N–H and O–H groups in total. The smallest absolute Gasteiger partial charge is 0.278 e. The quantitative estimate of drug-likeness (QED) is 0.0753. The van der Waals surface area contributed by atoms with Crippen LogP contribution in [0.5, 0.6) is 0 Å². The zero-order valence-electron chi connectivity index (χ0n) is 41.1. The van der Waals surface area contributed by atoms with Crippen LogP contribution < -0.4 is 37.4 Å². The molecule has 6 aromatic rings. The van der Waals surface area contributed by atoms with Crippen LogP contribution in [0.2, 0.25) is 0 Å². The molecule has 37 heteroatoms. The van der Waals surface area contributed by atoms with Crippen molar-refractivity contribution in [3.8, 4) is 0 Å². The fraction of sp³-hybridized carbons (Fsp3) is 0.615. The number of nitrogen functional groups attached to an aromatic ring is 3. The van der Waals surface area contributed by atoms with Crippen molar-refractivity contribution in [2.75, 3.05) is 98.2 Å². The molecule has 76 heavy (non-hydrogen) atoms. The first-order valence-electron chi connectivity index (χ1n) is 22.8. The Morgan fingerprint density at radius 2 is 1.03 bits per heavy atom. The molecule has 6 aromatic heterocycles. The first kappa shape index (κ1) is 54.3. The van der Waals surface area contributed by atoms with Crippen LogP contribution in [-0.4, -0.2) is 193 Å². The maximum atomic E-state index is 11.8. The zero-order chi connectivity index (χ0) is 54.3. The van der Waals surface area contributed by atoms with Crippen molar-refractivity contribution in [1.82, 2.24) is 58.6 Å². The van der Waals surface area contributed by atoms with Gasteiger partial charge in [-0.2, -0.15) is 15.0 Å². The maximum Gasteiger partial charge on any atom is 0.278 e. The van der Waals surface area contributed by atoms with Gasteiger partial charge in [-0.15, -0.1) is 0 Å². The van der Waals surface area contributed by atoms with E-state index in [2.05, 4.69) is 44.9 Å². The van der Waals surface area contributed by atoms with Gasteiger partial charge in [0.1, 0.15) is 87.2 Å². The molecule has 15 atom stereocenters. The first-order valence-corrected chi connectivity index (χ1v) is 28.8. The van der Waals surface area contributed by atoms with Gasteiger partial charge in [0.25, 0.3) is 5.56 Å². The van der Waals surface area contributed by atoms with Crippen LogP contribution in [0.1, 0.15) is 18.7 Å². The SMILES string of the molecule is COC[C@]12CO[C@@H](C1OP(C)(=O)[O-])[C@H](n1cnc3c(=O)[nH]cnc31)O2.COC[C@]12CO[C@@H](C1OP(C)(=O)[O-])[C@H](n1cnc3c(N)nc(N)nc31)O2.COC[C@]12CO[C@@H](C1OP(C)(=O)[O-])[C@H](n1cnc3cnc(N)nc31)O2. The maximum absolute atomic E-state index is 11.8. The Hall–Kier alpha value is -5.06. The molecule has 6 bridgehead atoms. The van der Waals surface area contributed by atoms with Gasteiger partial charge in [-0.1, -0.05) is 0 Å². The number of H-pyrrole nitrogens is 1. The van der Waals surface area contributed by atoms with E-state index in [0.717, 1.165) is 20.0 Å². The normalized spacial score (nSPS) is 33.5. The topological polar surface area (TPSA) is 460 Å². The first-order chi connectivity index (χ1) is 35.9. The molecule has 12 rings (SSSR count). The summed E-state index contributed by atoms with van der Waals surface area (Å²) in [4.78, 5) is 82.0. The Bertz CT molecular complexity index is 3350. The van der Waals surface area contributed by atoms with E-state index in [1.807, 2.05) is 0 Å². The van der Waals surface area contributed by atoms with Crippen molar-refractivity contribution in [2.24, 2.45) is 0 Å². The monoisotopic (exact) mass is 1130 g/mol. The highest BCUT2D eigenvalue weighted by Crippen LogP contribution is 2.54. The lowest BCUT2D eigenvalue weighted by molar-refractivity contribution is -0.209. The second-order valence-electron chi connectivity index (χ2n) is 18.7. The lowest BCUT2D eigenvalue weighted by Gasteiger charge is -2.32. The molecule has 6 fully saturated rings. The lowest BCUT2D eigenvalue weighted by atomic mass is 10.0. The Balaban J connectivity index is 0.000000130. The van der Waals surface area contributed by atoms with Gasteiger partial charge >= 0.3 is 0 Å². The summed E-state index contributed by atoms with van der Waals surface area (Å²) >= 11 is 0. The fourth-order valence-corrected chi connectivity index (χ4v) is 12.4. The molecule has 6 aliphatic rings. The summed E-state index contributed by atoms with van der Waals surface area (Å²) in [5.74, 6) is 0.209. The highest BCUT2D eigenvalue weighted by Gasteiger charge is 2.66. The van der Waals surface area contributed by atoms with Crippen molar-refractivity contribution >= 4 is 74.0 Å². The molecule has 0 saturated carbocycles. The predicted molar refractivity (Wildman–Crippen MR) is 251 cm³/mol. The molecule has 6 saturated heterocycles. The van der Waals surface area contributed by atoms with Crippen molar-refractivity contribution in [3.05, 3.63) is 41.9 Å². The number of nitrogens with one attached hydrogen (secondary N) is 1. The third kappa shape index (κ3) is 9.94. The molecule has 12 heterocycles. The largest absolute Gasteiger partial charge is 0.779 e. The average Bonchev–Trinajstić information content (AvgIpc) is 4.30. The zero-order valence-corrected chi connectivity index (χ0v) is 43.8. The molecular formula is C39H51N15O19P3-3. The summed E-state index contributed by atoms with van der Waals surface area (Å²) in [7, 11) is -7.62. The molecule has 34 nitrogen and oxygen atoms in total. The van der Waals surface area contributed by atoms with Crippen LogP contribution in [0.25, 0.3) is 33.5 Å². The van der Waals surface area contributed by atoms with Crippen molar-refractivity contribution in [2.45, 2.75) is 72.1 Å². The molecule has 0 spiro atoms. The number of imidazole rings is 3. The van der Waals surface area contributed by atoms with E-state index in [1.54, 1.807) is 9.13 Å². The second-order valence-corrected chi connectivity index (χ2v) is 23.9. The molecule has 6 aliphatic heterocycles. The molecule has 414 valence electrons. The summed E-state index contributed by atoms with van der Waals surface area (Å²) < 4.78 is 107. The predicted octanol–water partition coefficient (Wildman–Crippen LogP) is -2.84. The third-order valence-electron chi connectivity index (χ3n) is 13.0. The lowest BCUT2D eigenvalue weighted by Crippen LogP contribution is -2.46. The summed E-state index contributed by atoms with van der Waals surface area (Å²) in [6, 6.07) is 0. The van der Waals surface area contributed by atoms with E-state index in [0.29, 0.717) is 28.0 Å². The van der Waals surface area contributed by atoms with Gasteiger partial charge in [0.2, 0.25) is 11.9 Å². The van der Waals surface area contributed by atoms with Gasteiger partial charge in [-0.05, 0) is 0 Å². The number of aromatic amines is 1. The average molecular weight is 1130 g/mol. The number of fused-ring (bicyclic) bond motifs is 9. The molecule has 6 unspecified atom stereocenters. The molecule has 0 amide bonds. The van der Waals surface area contributed by atoms with Gasteiger partial charge in [0, 0.05) is 41.3 Å². The number of nitrogens with zero attached hydrogens (tertiary/aromatic N) is 11. The van der Waals surface area contributed by atoms with Gasteiger partial charge in [-0.3, -0.25) is 18.5 Å². The molecular weight excluding hydrogens is 1080 g/mol. The molecule has 0 aromatic carbocycles. The molecule has 0 aliphatic carbocycles. The number of hydrogen-bond acceptors (Lipinski definition) is 30. The minimum Gasteiger partial charge on any atom is -0.779 e. The van der Waals surface area contributed by atoms with Crippen LogP contribution in [0.3, 0.4) is 0 Å². The Morgan fingerprint density at radius 1 is 0.605 bits per heavy atom. The van der Waals surface area contributed by atoms with Crippen molar-refractivity contribution in [1.29, 1.82) is 0 Å². The molecule has 0 radical (unpaired) electrons. The number of methoxy groups -OCH3 is 3. The number of aromatic nitrogens is 12. The van der Waals surface area contributed by atoms with Gasteiger partial charge in [0.15, 0.2) is 47.0 Å². The van der Waals surface area contributed by atoms with Crippen molar-refractivity contribution in [3.63, 3.8) is 0 Å². The minimum atomic E-state index is -4.04. The van der Waals surface area contributed by atoms with E-state index in [4.69, 9.17) is 73.4 Å². The standard InChI is InChI=1S/C13H19N6O6P.C13H18N5O6P.C13H17N4O7P/c1-22-3-13-4-23-7(8(13)25-26(2,20)21)11(24-13)19-5-16-6-9(14)17-12(15)18-10(6)19;1-21-4-13-5-22-8(9(13)24-25(2,19)20)11(23-13)18-6-16-7-3-15-12(14)17-10(7)18;1-21-3-13-4-22-8(9(13)24-25(2,19)20)12(23-13)17-6-16-7-10(17)14-5-15-11(7)18/h5,7-8,11H,3-4H2,1-2H3,(H,20,21)(H4,14,15,17,18);3,6,8-9,11H,4-5H2,1-2H3,(H,19,20)(H2,14,15,17);5-6,8-9,12H,3-4H2,1-2H3,(H,19,20)(H,14,15,18)/p-3/t7-,8?,11+,13-;8-,9?,11+,13-;8-,9?,12+,13-/m000/s1. The third-order valence-corrected chi connectivity index (χ3v) is 14.8. The number of anilines is 3. The van der Waals surface area contributed by atoms with Crippen LogP contribution >= 0.6 is 22.8 Å². The number of nitrogens with two attached hydrogens (primary N) is 3. The van der Waals surface area contributed by atoms with Crippen LogP contribution in [0.4, 0.5) is 17.7 Å². The summed E-state index contributed by atoms with van der Waals surface area (Å²) in [5.41, 5.74) is 15.7. The summed E-state index contributed by atoms with van der Waals surface area (Å²) in [5, 5.41) is 0. The highest BCUT2D eigenvalue weighted by atomic mass is 31.2. The van der Waals surface area contributed by atoms with E-state index < -0.39 is 94.9 Å². The number of rotatable bonds is 15. The highest BCUT2D eigenvalue weighted by molar-refractivity contribution is 7.50. The Morgan fingerprint density at radius 3 is 1.49 bits per heavy atom.